The molecular weight excluding hydrogens is 280 g/mol. The van der Waals surface area contributed by atoms with Crippen molar-refractivity contribution in [3.63, 3.8) is 0 Å². The number of hydrogen-bond acceptors (Lipinski definition) is 4. The summed E-state index contributed by atoms with van der Waals surface area (Å²) in [6.07, 6.45) is -0.394. The van der Waals surface area contributed by atoms with Gasteiger partial charge in [0.25, 0.3) is 6.04 Å². The van der Waals surface area contributed by atoms with Crippen molar-refractivity contribution in [2.24, 2.45) is 0 Å². The highest BCUT2D eigenvalue weighted by molar-refractivity contribution is 5.18. The van der Waals surface area contributed by atoms with E-state index < -0.39 is 0 Å². The fourth-order valence-corrected chi connectivity index (χ4v) is 2.11. The topological polar surface area (TPSA) is 63.3 Å². The van der Waals surface area contributed by atoms with Crippen molar-refractivity contribution < 1.29 is 9.47 Å². The highest BCUT2D eigenvalue weighted by Gasteiger charge is 2.32. The molecule has 0 spiro atoms. The molecule has 2 rings (SSSR count). The summed E-state index contributed by atoms with van der Waals surface area (Å²) < 4.78 is 12.5. The van der Waals surface area contributed by atoms with Crippen molar-refractivity contribution in [1.29, 1.82) is 0 Å². The summed E-state index contributed by atoms with van der Waals surface area (Å²) in [5.41, 5.74) is 5.89. The number of benzene rings is 1. The third-order valence-corrected chi connectivity index (χ3v) is 3.69. The average molecular weight is 303 g/mol. The van der Waals surface area contributed by atoms with E-state index in [0.29, 0.717) is 11.6 Å². The number of aromatic nitrogens is 3. The Morgan fingerprint density at radius 2 is 1.41 bits per heavy atom. The molecule has 0 N–H and O–H groups in total. The lowest BCUT2D eigenvalue weighted by Crippen LogP contribution is -2.24. The summed E-state index contributed by atoms with van der Waals surface area (Å²) in [4.78, 5) is 0. The van der Waals surface area contributed by atoms with Crippen LogP contribution < -0.4 is 5.43 Å². The van der Waals surface area contributed by atoms with Crippen molar-refractivity contribution in [2.75, 3.05) is 14.2 Å². The predicted octanol–water partition coefficient (Wildman–Crippen LogP) is 2.82. The maximum Gasteiger partial charge on any atom is 0.252 e. The Balaban J connectivity index is 2.32. The third-order valence-electron chi connectivity index (χ3n) is 3.69. The van der Waals surface area contributed by atoms with Gasteiger partial charge in [0.2, 0.25) is 17.1 Å². The molecule has 118 valence electrons. The molecule has 6 heteroatoms. The average Bonchev–Trinajstić information content (AvgIpc) is 2.97. The van der Waals surface area contributed by atoms with Crippen LogP contribution in [-0.2, 0) is 9.47 Å². The normalized spacial score (nSPS) is 15.5. The van der Waals surface area contributed by atoms with Crippen LogP contribution in [0.3, 0.4) is 0 Å². The van der Waals surface area contributed by atoms with E-state index in [1.54, 1.807) is 18.9 Å². The number of ether oxygens (including phenoxy) is 2. The van der Waals surface area contributed by atoms with E-state index >= 15 is 0 Å². The van der Waals surface area contributed by atoms with E-state index in [2.05, 4.69) is 22.3 Å². The maximum absolute atomic E-state index is 5.37. The van der Waals surface area contributed by atoms with Crippen LogP contribution in [0.4, 0.5) is 0 Å². The van der Waals surface area contributed by atoms with Gasteiger partial charge in [0, 0.05) is 26.7 Å². The monoisotopic (exact) mass is 303 g/mol. The molecule has 1 unspecified atom stereocenters. The van der Waals surface area contributed by atoms with E-state index in [-0.39, 0.29) is 18.2 Å². The molecule has 0 bridgehead atoms. The van der Waals surface area contributed by atoms with Crippen molar-refractivity contribution in [3.05, 3.63) is 47.5 Å². The minimum Gasteiger partial charge on any atom is -0.374 e. The van der Waals surface area contributed by atoms with E-state index in [1.165, 1.54) is 0 Å². The van der Waals surface area contributed by atoms with Crippen molar-refractivity contribution >= 4 is 0 Å². The Morgan fingerprint density at radius 3 is 1.86 bits per heavy atom. The summed E-state index contributed by atoms with van der Waals surface area (Å²) in [5.74, 6) is 1.34. The summed E-state index contributed by atoms with van der Waals surface area (Å²) in [6, 6.07) is 10.1. The summed E-state index contributed by atoms with van der Waals surface area (Å²) in [5, 5.41) is 8.43. The second-order valence-corrected chi connectivity index (χ2v) is 5.19. The van der Waals surface area contributed by atoms with E-state index in [0.717, 1.165) is 5.56 Å². The smallest absolute Gasteiger partial charge is 0.252 e. The quantitative estimate of drug-likeness (QED) is 0.789. The third kappa shape index (κ3) is 3.52. The van der Waals surface area contributed by atoms with E-state index in [1.807, 2.05) is 39.0 Å². The highest BCUT2D eigenvalue weighted by Crippen LogP contribution is 2.22. The Bertz CT molecular complexity index is 558. The summed E-state index contributed by atoms with van der Waals surface area (Å²) in [7, 11) is 3.29. The zero-order valence-corrected chi connectivity index (χ0v) is 13.7. The standard InChI is InChI=1S/C16H23N4O2/c1-11(14-9-7-6-8-10-14)19-20-15(12(2)21-4)17-18-16(20)13(3)22-5/h6-13H,1-5H3/q+1/t11?,12-,13-/m0/s1. The molecule has 0 aliphatic carbocycles. The molecule has 3 atom stereocenters. The molecular formula is C16H23N4O2+. The summed E-state index contributed by atoms with van der Waals surface area (Å²) >= 11 is 0. The molecule has 2 radical (unpaired) electrons. The molecule has 0 saturated heterocycles. The Labute approximate surface area is 131 Å². The zero-order valence-electron chi connectivity index (χ0n) is 13.7. The van der Waals surface area contributed by atoms with Crippen molar-refractivity contribution in [3.8, 4) is 0 Å². The predicted molar refractivity (Wildman–Crippen MR) is 83.3 cm³/mol. The summed E-state index contributed by atoms with van der Waals surface area (Å²) in [6.45, 7) is 5.88. The van der Waals surface area contributed by atoms with Gasteiger partial charge in [0.1, 0.15) is 12.2 Å². The van der Waals surface area contributed by atoms with Gasteiger partial charge in [-0.15, -0.1) is 10.2 Å². The minimum absolute atomic E-state index is 0.0252. The lowest BCUT2D eigenvalue weighted by Gasteiger charge is -2.09. The first-order valence-corrected chi connectivity index (χ1v) is 7.35. The molecule has 0 amide bonds. The van der Waals surface area contributed by atoms with Crippen molar-refractivity contribution in [2.45, 2.75) is 39.0 Å². The molecule has 0 saturated carbocycles. The molecule has 0 aliphatic rings. The van der Waals surface area contributed by atoms with Crippen LogP contribution in [0.5, 0.6) is 0 Å². The minimum atomic E-state index is -0.197. The first-order valence-electron chi connectivity index (χ1n) is 7.35. The van der Waals surface area contributed by atoms with Gasteiger partial charge in [-0.3, -0.25) is 0 Å². The van der Waals surface area contributed by atoms with Crippen LogP contribution in [0, 0.1) is 0 Å². The van der Waals surface area contributed by atoms with Gasteiger partial charge in [-0.1, -0.05) is 30.3 Å². The van der Waals surface area contributed by atoms with Gasteiger partial charge < -0.3 is 9.47 Å². The molecule has 6 nitrogen and oxygen atoms in total. The van der Waals surface area contributed by atoms with Crippen LogP contribution >= 0.6 is 0 Å². The van der Waals surface area contributed by atoms with Gasteiger partial charge >= 0.3 is 0 Å². The van der Waals surface area contributed by atoms with Crippen molar-refractivity contribution in [1.82, 2.24) is 20.3 Å². The first kappa shape index (κ1) is 16.6. The van der Waals surface area contributed by atoms with Crippen LogP contribution in [0.15, 0.2) is 30.3 Å². The molecule has 2 aromatic rings. The molecule has 22 heavy (non-hydrogen) atoms. The van der Waals surface area contributed by atoms with Crippen LogP contribution in [0.1, 0.15) is 56.2 Å². The van der Waals surface area contributed by atoms with E-state index in [9.17, 15) is 0 Å². The first-order chi connectivity index (χ1) is 10.6. The van der Waals surface area contributed by atoms with Crippen LogP contribution in [-0.4, -0.2) is 29.1 Å². The largest absolute Gasteiger partial charge is 0.374 e. The zero-order chi connectivity index (χ0) is 16.1. The number of hydrogen-bond donors (Lipinski definition) is 0. The van der Waals surface area contributed by atoms with E-state index in [4.69, 9.17) is 14.9 Å². The van der Waals surface area contributed by atoms with Crippen LogP contribution in [0.25, 0.3) is 0 Å². The maximum atomic E-state index is 5.37. The number of methoxy groups -OCH3 is 2. The Kier molecular flexibility index (Phi) is 5.65. The Morgan fingerprint density at radius 1 is 0.909 bits per heavy atom. The second kappa shape index (κ2) is 7.49. The number of nitrogens with zero attached hydrogens (tertiary/aromatic N) is 4. The van der Waals surface area contributed by atoms with Gasteiger partial charge in [-0.05, 0) is 18.5 Å². The molecule has 0 aliphatic heterocycles. The highest BCUT2D eigenvalue weighted by atomic mass is 16.5. The van der Waals surface area contributed by atoms with Gasteiger partial charge in [0.15, 0.2) is 0 Å². The van der Waals surface area contributed by atoms with Gasteiger partial charge in [-0.25, -0.2) is 0 Å². The van der Waals surface area contributed by atoms with Gasteiger partial charge in [-0.2, -0.15) is 0 Å². The molecule has 1 aromatic carbocycles. The van der Waals surface area contributed by atoms with Gasteiger partial charge in [0.05, 0.1) is 0 Å². The fraction of sp³-hybridized carbons (Fsp3) is 0.500. The molecule has 1 heterocycles. The SMILES string of the molecule is CO[C@@H](C)c1nnc([C@H](C)OC)n1[N+]C(C)c1ccccc1. The number of rotatable bonds is 7. The second-order valence-electron chi connectivity index (χ2n) is 5.19. The molecule has 0 fully saturated rings. The van der Waals surface area contributed by atoms with Crippen LogP contribution in [0.2, 0.25) is 0 Å². The molecule has 1 aromatic heterocycles. The fourth-order valence-electron chi connectivity index (χ4n) is 2.11. The lowest BCUT2D eigenvalue weighted by atomic mass is 10.1. The lowest BCUT2D eigenvalue weighted by molar-refractivity contribution is 0.0954. The Hall–Kier alpha value is -1.76.